The predicted molar refractivity (Wildman–Crippen MR) is 84.9 cm³/mol. The van der Waals surface area contributed by atoms with E-state index in [-0.39, 0.29) is 24.8 Å². The first-order valence-corrected chi connectivity index (χ1v) is 7.59. The minimum atomic E-state index is -0.370. The molecule has 0 saturated heterocycles. The van der Waals surface area contributed by atoms with Crippen LogP contribution in [0, 0.1) is 5.82 Å². The normalized spacial score (nSPS) is 16.7. The minimum Gasteiger partial charge on any atom is -0.491 e. The number of nitrogens with zero attached hydrogens (tertiary/aromatic N) is 3. The smallest absolute Gasteiger partial charge is 0.230 e. The Kier molecular flexibility index (Phi) is 3.18. The van der Waals surface area contributed by atoms with E-state index in [1.54, 1.807) is 19.3 Å². The Morgan fingerprint density at radius 3 is 3.00 bits per heavy atom. The van der Waals surface area contributed by atoms with Gasteiger partial charge in [0.05, 0.1) is 24.4 Å². The topological polar surface area (TPSA) is 45.7 Å². The lowest BCUT2D eigenvalue weighted by Crippen LogP contribution is -2.25. The predicted octanol–water partition coefficient (Wildman–Crippen LogP) is 2.66. The Bertz CT molecular complexity index is 793. The van der Waals surface area contributed by atoms with Gasteiger partial charge in [0.15, 0.2) is 5.82 Å². The van der Waals surface area contributed by atoms with Crippen molar-refractivity contribution in [2.45, 2.75) is 12.8 Å². The van der Waals surface area contributed by atoms with Crippen LogP contribution in [0.2, 0.25) is 0 Å². The van der Waals surface area contributed by atoms with E-state index >= 15 is 0 Å². The second kappa shape index (κ2) is 5.22. The van der Waals surface area contributed by atoms with E-state index in [1.165, 1.54) is 11.0 Å². The molecule has 1 amide bonds. The lowest BCUT2D eigenvalue weighted by atomic mass is 10.2. The van der Waals surface area contributed by atoms with Crippen molar-refractivity contribution in [3.05, 3.63) is 41.8 Å². The summed E-state index contributed by atoms with van der Waals surface area (Å²) in [5.74, 6) is 0.765. The molecule has 4 rings (SSSR count). The Labute approximate surface area is 133 Å². The van der Waals surface area contributed by atoms with Crippen LogP contribution in [0.4, 0.5) is 21.6 Å². The molecular formula is C17H16FN3O2. The third-order valence-electron chi connectivity index (χ3n) is 4.36. The highest BCUT2D eigenvalue weighted by molar-refractivity contribution is 5.96. The largest absolute Gasteiger partial charge is 0.491 e. The van der Waals surface area contributed by atoms with Crippen molar-refractivity contribution in [1.29, 1.82) is 0 Å². The van der Waals surface area contributed by atoms with Crippen LogP contribution < -0.4 is 14.5 Å². The number of carbonyl (C=O) groups is 1. The standard InChI is InChI=1S/C17H16FN3O2/c1-20-14-10-13(12(18)9-15(14)23-8-5-16(20)22)21-7-4-11-3-2-6-19-17(11)21/h2-3,6,9-10H,4-5,7-8H2,1H3. The first-order valence-electron chi connectivity index (χ1n) is 7.59. The highest BCUT2D eigenvalue weighted by Gasteiger charge is 2.28. The molecule has 6 heteroatoms. The third-order valence-corrected chi connectivity index (χ3v) is 4.36. The third kappa shape index (κ3) is 2.21. The molecule has 0 aliphatic carbocycles. The number of ether oxygens (including phenoxy) is 1. The van der Waals surface area contributed by atoms with E-state index in [9.17, 15) is 9.18 Å². The van der Waals surface area contributed by atoms with Crippen molar-refractivity contribution in [3.8, 4) is 5.75 Å². The number of carbonyl (C=O) groups excluding carboxylic acids is 1. The van der Waals surface area contributed by atoms with Crippen LogP contribution >= 0.6 is 0 Å². The average Bonchev–Trinajstić information content (AvgIpc) is 2.92. The number of fused-ring (bicyclic) bond motifs is 2. The highest BCUT2D eigenvalue weighted by Crippen LogP contribution is 2.40. The van der Waals surface area contributed by atoms with Gasteiger partial charge in [0.1, 0.15) is 11.6 Å². The first-order chi connectivity index (χ1) is 11.1. The number of hydrogen-bond donors (Lipinski definition) is 0. The van der Waals surface area contributed by atoms with E-state index in [2.05, 4.69) is 4.98 Å². The van der Waals surface area contributed by atoms with Crippen LogP contribution in [0.1, 0.15) is 12.0 Å². The second-order valence-electron chi connectivity index (χ2n) is 5.71. The summed E-state index contributed by atoms with van der Waals surface area (Å²) in [5.41, 5.74) is 2.11. The lowest BCUT2D eigenvalue weighted by Gasteiger charge is -2.23. The van der Waals surface area contributed by atoms with Gasteiger partial charge in [0.25, 0.3) is 0 Å². The number of halogens is 1. The molecule has 0 bridgehead atoms. The van der Waals surface area contributed by atoms with Gasteiger partial charge in [-0.1, -0.05) is 6.07 Å². The molecule has 0 saturated carbocycles. The summed E-state index contributed by atoms with van der Waals surface area (Å²) in [7, 11) is 1.69. The number of benzene rings is 1. The molecule has 2 aliphatic heterocycles. The maximum Gasteiger partial charge on any atom is 0.230 e. The van der Waals surface area contributed by atoms with Gasteiger partial charge >= 0.3 is 0 Å². The van der Waals surface area contributed by atoms with Crippen LogP contribution in [0.3, 0.4) is 0 Å². The summed E-state index contributed by atoms with van der Waals surface area (Å²) in [4.78, 5) is 19.8. The van der Waals surface area contributed by atoms with Crippen molar-refractivity contribution in [2.75, 3.05) is 30.0 Å². The van der Waals surface area contributed by atoms with Gasteiger partial charge < -0.3 is 14.5 Å². The molecule has 0 spiro atoms. The van der Waals surface area contributed by atoms with Crippen LogP contribution in [0.15, 0.2) is 30.5 Å². The van der Waals surface area contributed by atoms with Crippen LogP contribution in [0.25, 0.3) is 0 Å². The number of pyridine rings is 1. The van der Waals surface area contributed by atoms with E-state index < -0.39 is 0 Å². The summed E-state index contributed by atoms with van der Waals surface area (Å²) in [6.07, 6.45) is 2.82. The number of anilines is 3. The van der Waals surface area contributed by atoms with Crippen LogP contribution in [0.5, 0.6) is 5.75 Å². The fourth-order valence-electron chi connectivity index (χ4n) is 3.11. The van der Waals surface area contributed by atoms with Gasteiger partial charge in [0, 0.05) is 25.9 Å². The summed E-state index contributed by atoms with van der Waals surface area (Å²) >= 11 is 0. The van der Waals surface area contributed by atoms with Gasteiger partial charge in [-0.3, -0.25) is 4.79 Å². The number of amides is 1. The average molecular weight is 313 g/mol. The SMILES string of the molecule is CN1C(=O)CCOc2cc(F)c(N3CCc4cccnc43)cc21. The summed E-state index contributed by atoms with van der Waals surface area (Å²) in [6, 6.07) is 6.93. The summed E-state index contributed by atoms with van der Waals surface area (Å²) < 4.78 is 20.1. The van der Waals surface area contributed by atoms with Gasteiger partial charge in [-0.15, -0.1) is 0 Å². The van der Waals surface area contributed by atoms with Crippen LogP contribution in [-0.2, 0) is 11.2 Å². The second-order valence-corrected chi connectivity index (χ2v) is 5.71. The molecule has 118 valence electrons. The Morgan fingerprint density at radius 1 is 1.26 bits per heavy atom. The molecule has 23 heavy (non-hydrogen) atoms. The lowest BCUT2D eigenvalue weighted by molar-refractivity contribution is -0.118. The Balaban J connectivity index is 1.82. The number of rotatable bonds is 1. The van der Waals surface area contributed by atoms with Crippen molar-refractivity contribution in [1.82, 2.24) is 4.98 Å². The summed E-state index contributed by atoms with van der Waals surface area (Å²) in [6.45, 7) is 0.934. The number of aromatic nitrogens is 1. The quantitative estimate of drug-likeness (QED) is 0.812. The monoisotopic (exact) mass is 313 g/mol. The van der Waals surface area contributed by atoms with Gasteiger partial charge in [-0.05, 0) is 24.1 Å². The maximum atomic E-state index is 14.6. The minimum absolute atomic E-state index is 0.0405. The molecule has 0 fully saturated rings. The molecule has 0 N–H and O–H groups in total. The van der Waals surface area contributed by atoms with Crippen molar-refractivity contribution < 1.29 is 13.9 Å². The van der Waals surface area contributed by atoms with E-state index in [0.717, 1.165) is 17.8 Å². The Morgan fingerprint density at radius 2 is 2.13 bits per heavy atom. The molecule has 0 radical (unpaired) electrons. The van der Waals surface area contributed by atoms with Crippen molar-refractivity contribution in [2.24, 2.45) is 0 Å². The fourth-order valence-corrected chi connectivity index (χ4v) is 3.11. The molecule has 1 aromatic carbocycles. The van der Waals surface area contributed by atoms with Gasteiger partial charge in [-0.2, -0.15) is 0 Å². The highest BCUT2D eigenvalue weighted by atomic mass is 19.1. The molecule has 2 aliphatic rings. The molecule has 5 nitrogen and oxygen atoms in total. The van der Waals surface area contributed by atoms with Gasteiger partial charge in [-0.25, -0.2) is 9.37 Å². The first kappa shape index (κ1) is 14.0. The van der Waals surface area contributed by atoms with E-state index in [1.807, 2.05) is 17.0 Å². The zero-order valence-corrected chi connectivity index (χ0v) is 12.8. The molecule has 0 atom stereocenters. The van der Waals surface area contributed by atoms with E-state index in [4.69, 9.17) is 4.74 Å². The molecule has 2 aromatic rings. The van der Waals surface area contributed by atoms with E-state index in [0.29, 0.717) is 23.7 Å². The van der Waals surface area contributed by atoms with Crippen molar-refractivity contribution >= 4 is 23.1 Å². The zero-order valence-electron chi connectivity index (χ0n) is 12.8. The molecule has 0 unspecified atom stereocenters. The van der Waals surface area contributed by atoms with Gasteiger partial charge in [0.2, 0.25) is 5.91 Å². The zero-order chi connectivity index (χ0) is 16.0. The Hall–Kier alpha value is -2.63. The molecular weight excluding hydrogens is 297 g/mol. The molecule has 3 heterocycles. The fraction of sp³-hybridized carbons (Fsp3) is 0.294. The number of hydrogen-bond acceptors (Lipinski definition) is 4. The summed E-state index contributed by atoms with van der Waals surface area (Å²) in [5, 5.41) is 0. The van der Waals surface area contributed by atoms with Crippen LogP contribution in [-0.4, -0.2) is 31.1 Å². The maximum absolute atomic E-state index is 14.6. The molecule has 1 aromatic heterocycles. The van der Waals surface area contributed by atoms with Crippen molar-refractivity contribution in [3.63, 3.8) is 0 Å².